The van der Waals surface area contributed by atoms with Crippen LogP contribution in [0.2, 0.25) is 5.02 Å². The second kappa shape index (κ2) is 10.4. The zero-order valence-corrected chi connectivity index (χ0v) is 17.4. The Labute approximate surface area is 175 Å². The molecule has 1 aliphatic heterocycles. The fourth-order valence-corrected chi connectivity index (χ4v) is 2.67. The van der Waals surface area contributed by atoms with Crippen LogP contribution in [0.4, 0.5) is 5.95 Å². The molecule has 0 aliphatic carbocycles. The van der Waals surface area contributed by atoms with Crippen LogP contribution < -0.4 is 15.4 Å². The zero-order chi connectivity index (χ0) is 17.5. The van der Waals surface area contributed by atoms with Crippen molar-refractivity contribution in [2.45, 2.75) is 0 Å². The van der Waals surface area contributed by atoms with E-state index in [-0.39, 0.29) is 24.0 Å². The molecule has 1 aliphatic rings. The van der Waals surface area contributed by atoms with Crippen molar-refractivity contribution in [2.24, 2.45) is 10.7 Å². The van der Waals surface area contributed by atoms with Crippen molar-refractivity contribution in [3.63, 3.8) is 0 Å². The van der Waals surface area contributed by atoms with E-state index in [9.17, 15) is 0 Å². The topological polar surface area (TPSA) is 79.9 Å². The molecule has 2 heterocycles. The summed E-state index contributed by atoms with van der Waals surface area (Å²) in [5.74, 6) is 2.08. The van der Waals surface area contributed by atoms with Gasteiger partial charge >= 0.3 is 0 Å². The highest BCUT2D eigenvalue weighted by molar-refractivity contribution is 14.0. The third-order valence-corrected chi connectivity index (χ3v) is 4.14. The molecule has 140 valence electrons. The number of aromatic nitrogens is 2. The summed E-state index contributed by atoms with van der Waals surface area (Å²) in [4.78, 5) is 17.2. The Balaban J connectivity index is 0.00000243. The van der Waals surface area contributed by atoms with E-state index in [1.54, 1.807) is 24.5 Å². The Morgan fingerprint density at radius 1 is 1.12 bits per heavy atom. The van der Waals surface area contributed by atoms with Gasteiger partial charge in [-0.05, 0) is 30.3 Å². The van der Waals surface area contributed by atoms with Gasteiger partial charge in [0.15, 0.2) is 5.96 Å². The molecule has 0 unspecified atom stereocenters. The first-order chi connectivity index (χ1) is 12.2. The van der Waals surface area contributed by atoms with Gasteiger partial charge < -0.3 is 20.3 Å². The molecule has 0 spiro atoms. The van der Waals surface area contributed by atoms with Gasteiger partial charge in [0.05, 0.1) is 6.54 Å². The first-order valence-electron chi connectivity index (χ1n) is 8.17. The lowest BCUT2D eigenvalue weighted by atomic mass is 10.3. The van der Waals surface area contributed by atoms with Crippen molar-refractivity contribution in [1.29, 1.82) is 0 Å². The molecule has 0 bridgehead atoms. The Morgan fingerprint density at radius 3 is 2.42 bits per heavy atom. The second-order valence-corrected chi connectivity index (χ2v) is 6.00. The molecule has 2 aromatic rings. The van der Waals surface area contributed by atoms with E-state index in [4.69, 9.17) is 22.1 Å². The lowest BCUT2D eigenvalue weighted by Crippen LogP contribution is -2.51. The van der Waals surface area contributed by atoms with Crippen molar-refractivity contribution in [1.82, 2.24) is 14.9 Å². The number of rotatable bonds is 5. The maximum Gasteiger partial charge on any atom is 0.225 e. The van der Waals surface area contributed by atoms with E-state index in [2.05, 4.69) is 24.8 Å². The molecule has 0 amide bonds. The molecule has 1 saturated heterocycles. The normalized spacial score (nSPS) is 14.7. The van der Waals surface area contributed by atoms with Crippen LogP contribution in [0.3, 0.4) is 0 Å². The van der Waals surface area contributed by atoms with Crippen molar-refractivity contribution in [2.75, 3.05) is 44.2 Å². The molecule has 1 aromatic carbocycles. The van der Waals surface area contributed by atoms with Gasteiger partial charge in [0.25, 0.3) is 0 Å². The highest BCUT2D eigenvalue weighted by Gasteiger charge is 2.19. The average Bonchev–Trinajstić information content (AvgIpc) is 2.67. The fraction of sp³-hybridized carbons (Fsp3) is 0.353. The van der Waals surface area contributed by atoms with Crippen molar-refractivity contribution >= 4 is 47.5 Å². The number of aliphatic imine (C=N–C) groups is 1. The van der Waals surface area contributed by atoms with Gasteiger partial charge in [-0.3, -0.25) is 0 Å². The van der Waals surface area contributed by atoms with Gasteiger partial charge in [-0.1, -0.05) is 11.6 Å². The highest BCUT2D eigenvalue weighted by atomic mass is 127. The Bertz CT molecular complexity index is 692. The molecule has 0 atom stereocenters. The zero-order valence-electron chi connectivity index (χ0n) is 14.3. The van der Waals surface area contributed by atoms with Gasteiger partial charge in [0.1, 0.15) is 12.4 Å². The third kappa shape index (κ3) is 5.87. The summed E-state index contributed by atoms with van der Waals surface area (Å²) in [6, 6.07) is 9.08. The summed E-state index contributed by atoms with van der Waals surface area (Å²) < 4.78 is 5.61. The summed E-state index contributed by atoms with van der Waals surface area (Å²) in [5, 5.41) is 0.690. The number of benzene rings is 1. The number of hydrogen-bond donors (Lipinski definition) is 1. The molecule has 7 nitrogen and oxygen atoms in total. The monoisotopic (exact) mass is 488 g/mol. The summed E-state index contributed by atoms with van der Waals surface area (Å²) in [5.41, 5.74) is 6.09. The first kappa shape index (κ1) is 20.5. The van der Waals surface area contributed by atoms with E-state index in [1.165, 1.54) is 0 Å². The van der Waals surface area contributed by atoms with Crippen LogP contribution in [-0.2, 0) is 0 Å². The lowest BCUT2D eigenvalue weighted by molar-refractivity contribution is 0.326. The molecule has 1 aromatic heterocycles. The molecule has 1 fully saturated rings. The lowest BCUT2D eigenvalue weighted by Gasteiger charge is -2.35. The number of anilines is 1. The first-order valence-corrected chi connectivity index (χ1v) is 8.55. The van der Waals surface area contributed by atoms with Crippen molar-refractivity contribution in [3.8, 4) is 5.75 Å². The van der Waals surface area contributed by atoms with Gasteiger partial charge in [-0.25, -0.2) is 15.0 Å². The summed E-state index contributed by atoms with van der Waals surface area (Å²) in [6.07, 6.45) is 3.51. The molecule has 2 N–H and O–H groups in total. The Kier molecular flexibility index (Phi) is 8.17. The summed E-state index contributed by atoms with van der Waals surface area (Å²) >= 11 is 5.84. The van der Waals surface area contributed by atoms with Crippen LogP contribution >= 0.6 is 35.6 Å². The van der Waals surface area contributed by atoms with Crippen LogP contribution in [0.1, 0.15) is 0 Å². The number of nitrogens with two attached hydrogens (primary N) is 1. The number of ether oxygens (including phenoxy) is 1. The molecule has 9 heteroatoms. The molecule has 3 rings (SSSR count). The van der Waals surface area contributed by atoms with Gasteiger partial charge in [0, 0.05) is 43.6 Å². The maximum atomic E-state index is 6.09. The van der Waals surface area contributed by atoms with Crippen LogP contribution in [0.5, 0.6) is 5.75 Å². The number of nitrogens with zero attached hydrogens (tertiary/aromatic N) is 5. The molecule has 0 radical (unpaired) electrons. The molecule has 26 heavy (non-hydrogen) atoms. The van der Waals surface area contributed by atoms with E-state index in [0.29, 0.717) is 24.1 Å². The SMILES string of the molecule is I.NC(=NCCOc1ccc(Cl)cc1)N1CCN(c2ncccn2)CC1. The van der Waals surface area contributed by atoms with Crippen LogP contribution in [0.25, 0.3) is 0 Å². The van der Waals surface area contributed by atoms with Crippen LogP contribution in [0, 0.1) is 0 Å². The number of halogens is 2. The van der Waals surface area contributed by atoms with Crippen LogP contribution in [-0.4, -0.2) is 60.2 Å². The predicted molar refractivity (Wildman–Crippen MR) is 115 cm³/mol. The average molecular weight is 489 g/mol. The second-order valence-electron chi connectivity index (χ2n) is 5.57. The van der Waals surface area contributed by atoms with E-state index in [0.717, 1.165) is 37.9 Å². The van der Waals surface area contributed by atoms with Crippen molar-refractivity contribution in [3.05, 3.63) is 47.7 Å². The van der Waals surface area contributed by atoms with Gasteiger partial charge in [-0.2, -0.15) is 0 Å². The minimum Gasteiger partial charge on any atom is -0.492 e. The maximum absolute atomic E-state index is 6.09. The molecular weight excluding hydrogens is 467 g/mol. The molecule has 0 saturated carbocycles. The van der Waals surface area contributed by atoms with Gasteiger partial charge in [-0.15, -0.1) is 24.0 Å². The largest absolute Gasteiger partial charge is 0.492 e. The predicted octanol–water partition coefficient (Wildman–Crippen LogP) is 2.26. The highest BCUT2D eigenvalue weighted by Crippen LogP contribution is 2.15. The Morgan fingerprint density at radius 2 is 1.77 bits per heavy atom. The minimum absolute atomic E-state index is 0. The van der Waals surface area contributed by atoms with E-state index < -0.39 is 0 Å². The van der Waals surface area contributed by atoms with Crippen molar-refractivity contribution < 1.29 is 4.74 Å². The van der Waals surface area contributed by atoms with Crippen LogP contribution in [0.15, 0.2) is 47.7 Å². The molecular formula is C17H22ClIN6O. The number of piperazine rings is 1. The summed E-state index contributed by atoms with van der Waals surface area (Å²) in [6.45, 7) is 4.22. The van der Waals surface area contributed by atoms with E-state index in [1.807, 2.05) is 18.2 Å². The number of hydrogen-bond acceptors (Lipinski definition) is 5. The van der Waals surface area contributed by atoms with E-state index >= 15 is 0 Å². The fourth-order valence-electron chi connectivity index (χ4n) is 2.54. The smallest absolute Gasteiger partial charge is 0.225 e. The third-order valence-electron chi connectivity index (χ3n) is 3.89. The van der Waals surface area contributed by atoms with Gasteiger partial charge in [0.2, 0.25) is 5.95 Å². The standard InChI is InChI=1S/C17H21ClN6O.HI/c18-14-2-4-15(5-3-14)25-13-8-20-16(19)23-9-11-24(12-10-23)17-21-6-1-7-22-17;/h1-7H,8-13H2,(H2,19,20);1H. The minimum atomic E-state index is 0. The summed E-state index contributed by atoms with van der Waals surface area (Å²) in [7, 11) is 0. The number of guanidine groups is 1. The Hall–Kier alpha value is -1.81. The quantitative estimate of drug-likeness (QED) is 0.301.